The Kier molecular flexibility index (Phi) is 8.04. The Bertz CT molecular complexity index is 1010. The molecule has 3 rings (SSSR count). The number of aryl methyl sites for hydroxylation is 2. The lowest BCUT2D eigenvalue weighted by atomic mass is 9.85. The summed E-state index contributed by atoms with van der Waals surface area (Å²) in [5, 5.41) is 10.5. The lowest BCUT2D eigenvalue weighted by molar-refractivity contribution is 0.0712. The smallest absolute Gasteiger partial charge is 0.133 e. The van der Waals surface area contributed by atoms with Crippen LogP contribution >= 0.6 is 12.2 Å². The van der Waals surface area contributed by atoms with Crippen LogP contribution in [-0.2, 0) is 6.42 Å². The number of thiocarbonyl (C=S) groups is 1. The molecule has 4 nitrogen and oxygen atoms in total. The standard InChI is InChI=1S/C28H40N2O2S/c1-8-9-10-11-14-30(24-16-18(2)15-19(3)29-24)25(33)17-28(7)13-12-23-22(6)26(31)20(4)21(5)27(23)32-28/h15-16,31H,8-14,17H2,1-7H3. The van der Waals surface area contributed by atoms with E-state index in [0.29, 0.717) is 12.2 Å². The highest BCUT2D eigenvalue weighted by atomic mass is 32.1. The molecule has 1 unspecified atom stereocenters. The van der Waals surface area contributed by atoms with Crippen LogP contribution in [0.25, 0.3) is 0 Å². The monoisotopic (exact) mass is 468 g/mol. The first kappa shape index (κ1) is 25.5. The number of benzene rings is 1. The Labute approximate surface area is 205 Å². The highest BCUT2D eigenvalue weighted by Crippen LogP contribution is 2.44. The Morgan fingerprint density at radius 1 is 1.09 bits per heavy atom. The third-order valence-corrected chi connectivity index (χ3v) is 7.38. The Morgan fingerprint density at radius 2 is 1.82 bits per heavy atom. The lowest BCUT2D eigenvalue weighted by Crippen LogP contribution is -2.43. The van der Waals surface area contributed by atoms with E-state index >= 15 is 0 Å². The van der Waals surface area contributed by atoms with Gasteiger partial charge in [0.25, 0.3) is 0 Å². The summed E-state index contributed by atoms with van der Waals surface area (Å²) >= 11 is 6.04. The molecule has 180 valence electrons. The zero-order valence-electron chi connectivity index (χ0n) is 21.5. The molecular formula is C28H40N2O2S. The Morgan fingerprint density at radius 3 is 2.48 bits per heavy atom. The van der Waals surface area contributed by atoms with E-state index < -0.39 is 0 Å². The van der Waals surface area contributed by atoms with Crippen LogP contribution in [0.3, 0.4) is 0 Å². The number of aromatic nitrogens is 1. The summed E-state index contributed by atoms with van der Waals surface area (Å²) in [4.78, 5) is 7.94. The van der Waals surface area contributed by atoms with Crippen LogP contribution in [0, 0.1) is 34.6 Å². The van der Waals surface area contributed by atoms with Crippen molar-refractivity contribution < 1.29 is 9.84 Å². The van der Waals surface area contributed by atoms with E-state index in [1.807, 2.05) is 27.7 Å². The third-order valence-electron chi connectivity index (χ3n) is 7.01. The molecule has 0 aliphatic carbocycles. The molecule has 1 aliphatic rings. The molecule has 0 saturated carbocycles. The van der Waals surface area contributed by atoms with Crippen LogP contribution in [0.5, 0.6) is 11.5 Å². The fourth-order valence-corrected chi connectivity index (χ4v) is 5.35. The Balaban J connectivity index is 1.85. The zero-order chi connectivity index (χ0) is 24.3. The first-order chi connectivity index (χ1) is 15.6. The van der Waals surface area contributed by atoms with Gasteiger partial charge in [-0.2, -0.15) is 0 Å². The lowest BCUT2D eigenvalue weighted by Gasteiger charge is -2.39. The summed E-state index contributed by atoms with van der Waals surface area (Å²) in [5.74, 6) is 2.27. The van der Waals surface area contributed by atoms with Gasteiger partial charge in [0.1, 0.15) is 22.9 Å². The van der Waals surface area contributed by atoms with Gasteiger partial charge >= 0.3 is 0 Å². The van der Waals surface area contributed by atoms with Crippen LogP contribution in [-0.4, -0.2) is 27.2 Å². The van der Waals surface area contributed by atoms with Crippen molar-refractivity contribution in [1.29, 1.82) is 0 Å². The first-order valence-electron chi connectivity index (χ1n) is 12.3. The van der Waals surface area contributed by atoms with Crippen molar-refractivity contribution in [2.75, 3.05) is 11.4 Å². The number of rotatable bonds is 8. The van der Waals surface area contributed by atoms with Gasteiger partial charge in [0, 0.05) is 24.2 Å². The molecule has 0 radical (unpaired) electrons. The Hall–Kier alpha value is -2.14. The summed E-state index contributed by atoms with van der Waals surface area (Å²) in [6.07, 6.45) is 7.17. The van der Waals surface area contributed by atoms with Crippen LogP contribution in [0.1, 0.15) is 85.9 Å². The van der Waals surface area contributed by atoms with Crippen molar-refractivity contribution in [3.63, 3.8) is 0 Å². The summed E-state index contributed by atoms with van der Waals surface area (Å²) in [7, 11) is 0. The molecule has 0 amide bonds. The summed E-state index contributed by atoms with van der Waals surface area (Å²) in [6.45, 7) is 15.4. The largest absolute Gasteiger partial charge is 0.507 e. The molecule has 0 spiro atoms. The molecule has 0 saturated heterocycles. The van der Waals surface area contributed by atoms with Gasteiger partial charge in [-0.05, 0) is 95.2 Å². The number of phenolic OH excluding ortho intramolecular Hbond substituents is 1. The van der Waals surface area contributed by atoms with Crippen LogP contribution in [0.4, 0.5) is 5.82 Å². The van der Waals surface area contributed by atoms with Gasteiger partial charge in [0.15, 0.2) is 0 Å². The molecular weight excluding hydrogens is 428 g/mol. The fourth-order valence-electron chi connectivity index (χ4n) is 4.86. The van der Waals surface area contributed by atoms with Crippen molar-refractivity contribution in [3.8, 4) is 11.5 Å². The summed E-state index contributed by atoms with van der Waals surface area (Å²) in [5.41, 5.74) is 5.83. The predicted molar refractivity (Wildman–Crippen MR) is 142 cm³/mol. The van der Waals surface area contributed by atoms with Crippen LogP contribution in [0.2, 0.25) is 0 Å². The van der Waals surface area contributed by atoms with Crippen LogP contribution in [0.15, 0.2) is 12.1 Å². The number of ether oxygens (including phenoxy) is 1. The van der Waals surface area contributed by atoms with Gasteiger partial charge in [-0.3, -0.25) is 0 Å². The summed E-state index contributed by atoms with van der Waals surface area (Å²) in [6, 6.07) is 4.24. The average molecular weight is 469 g/mol. The first-order valence-corrected chi connectivity index (χ1v) is 12.7. The predicted octanol–water partition coefficient (Wildman–Crippen LogP) is 7.22. The fraction of sp³-hybridized carbons (Fsp3) is 0.571. The number of hydrogen-bond donors (Lipinski definition) is 1. The number of pyridine rings is 1. The van der Waals surface area contributed by atoms with E-state index in [2.05, 4.69) is 37.8 Å². The van der Waals surface area contributed by atoms with Gasteiger partial charge in [-0.1, -0.05) is 38.4 Å². The SMILES string of the molecule is CCCCCCN(C(=S)CC1(C)CCc2c(C)c(O)c(C)c(C)c2O1)c1cc(C)cc(C)n1. The number of anilines is 1. The number of hydrogen-bond acceptors (Lipinski definition) is 4. The molecule has 33 heavy (non-hydrogen) atoms. The molecule has 0 bridgehead atoms. The van der Waals surface area contributed by atoms with Crippen LogP contribution < -0.4 is 9.64 Å². The van der Waals surface area contributed by atoms with E-state index in [9.17, 15) is 5.11 Å². The van der Waals surface area contributed by atoms with Crippen molar-refractivity contribution in [3.05, 3.63) is 45.6 Å². The number of phenols is 1. The number of unbranched alkanes of at least 4 members (excludes halogenated alkanes) is 3. The molecule has 2 aromatic rings. The van der Waals surface area contributed by atoms with Crippen molar-refractivity contribution in [1.82, 2.24) is 4.98 Å². The van der Waals surface area contributed by atoms with Crippen molar-refractivity contribution >= 4 is 23.0 Å². The highest BCUT2D eigenvalue weighted by molar-refractivity contribution is 7.80. The minimum atomic E-state index is -0.384. The molecule has 2 heterocycles. The highest BCUT2D eigenvalue weighted by Gasteiger charge is 2.36. The number of fused-ring (bicyclic) bond motifs is 1. The summed E-state index contributed by atoms with van der Waals surface area (Å²) < 4.78 is 6.67. The van der Waals surface area contributed by atoms with Gasteiger partial charge in [0.05, 0.1) is 4.99 Å². The van der Waals surface area contributed by atoms with E-state index in [0.717, 1.165) is 70.3 Å². The van der Waals surface area contributed by atoms with E-state index in [1.165, 1.54) is 24.8 Å². The quantitative estimate of drug-likeness (QED) is 0.327. The maximum Gasteiger partial charge on any atom is 0.133 e. The maximum absolute atomic E-state index is 10.5. The minimum absolute atomic E-state index is 0.384. The second-order valence-corrected chi connectivity index (χ2v) is 10.5. The van der Waals surface area contributed by atoms with E-state index in [4.69, 9.17) is 21.9 Å². The average Bonchev–Trinajstić information content (AvgIpc) is 2.75. The van der Waals surface area contributed by atoms with Gasteiger partial charge in [0.2, 0.25) is 0 Å². The molecule has 5 heteroatoms. The van der Waals surface area contributed by atoms with Crippen molar-refractivity contribution in [2.45, 2.75) is 99.0 Å². The second-order valence-electron chi connectivity index (χ2n) is 10.0. The second kappa shape index (κ2) is 10.4. The van der Waals surface area contributed by atoms with Gasteiger partial charge < -0.3 is 14.7 Å². The maximum atomic E-state index is 10.5. The molecule has 1 aliphatic heterocycles. The van der Waals surface area contributed by atoms with Gasteiger partial charge in [-0.15, -0.1) is 0 Å². The normalized spacial score (nSPS) is 17.4. The van der Waals surface area contributed by atoms with E-state index in [1.54, 1.807) is 0 Å². The molecule has 1 aromatic carbocycles. The molecule has 1 aromatic heterocycles. The molecule has 0 fully saturated rings. The number of aromatic hydroxyl groups is 1. The minimum Gasteiger partial charge on any atom is -0.507 e. The molecule has 1 N–H and O–H groups in total. The molecule has 1 atom stereocenters. The third kappa shape index (κ3) is 5.68. The van der Waals surface area contributed by atoms with Crippen molar-refractivity contribution in [2.24, 2.45) is 0 Å². The topological polar surface area (TPSA) is 45.6 Å². The number of nitrogens with zero attached hydrogens (tertiary/aromatic N) is 2. The van der Waals surface area contributed by atoms with E-state index in [-0.39, 0.29) is 5.60 Å². The zero-order valence-corrected chi connectivity index (χ0v) is 22.3. The van der Waals surface area contributed by atoms with Gasteiger partial charge in [-0.25, -0.2) is 4.98 Å².